The van der Waals surface area contributed by atoms with E-state index in [0.717, 1.165) is 35.8 Å². The lowest BCUT2D eigenvalue weighted by Crippen LogP contribution is -2.12. The maximum Gasteiger partial charge on any atom is 0.122 e. The summed E-state index contributed by atoms with van der Waals surface area (Å²) < 4.78 is 5.85. The summed E-state index contributed by atoms with van der Waals surface area (Å²) in [6.45, 7) is 6.80. The molecule has 1 aromatic heterocycles. The van der Waals surface area contributed by atoms with E-state index in [2.05, 4.69) is 24.4 Å². The van der Waals surface area contributed by atoms with Crippen molar-refractivity contribution in [1.29, 1.82) is 0 Å². The summed E-state index contributed by atoms with van der Waals surface area (Å²) in [4.78, 5) is 2.59. The zero-order valence-corrected chi connectivity index (χ0v) is 13.5. The van der Waals surface area contributed by atoms with Crippen molar-refractivity contribution >= 4 is 22.9 Å². The fourth-order valence-electron chi connectivity index (χ4n) is 1.91. The third-order valence-electron chi connectivity index (χ3n) is 2.95. The standard InChI is InChI=1S/C16H20ClNOS/c1-3-8-18-10-14-5-6-15(20-14)11-19-16-7-4-13(17)9-12(16)2/h4-7,9,18H,3,8,10-11H2,1-2H3. The van der Waals surface area contributed by atoms with Gasteiger partial charge < -0.3 is 10.1 Å². The topological polar surface area (TPSA) is 21.3 Å². The van der Waals surface area contributed by atoms with E-state index >= 15 is 0 Å². The van der Waals surface area contributed by atoms with Gasteiger partial charge in [-0.05, 0) is 55.8 Å². The van der Waals surface area contributed by atoms with E-state index in [1.54, 1.807) is 11.3 Å². The van der Waals surface area contributed by atoms with Crippen molar-refractivity contribution in [1.82, 2.24) is 5.32 Å². The SMILES string of the molecule is CCCNCc1ccc(COc2ccc(Cl)cc2C)s1. The number of rotatable bonds is 7. The Hall–Kier alpha value is -1.03. The summed E-state index contributed by atoms with van der Waals surface area (Å²) in [5.74, 6) is 0.897. The minimum absolute atomic E-state index is 0.612. The van der Waals surface area contributed by atoms with Gasteiger partial charge in [-0.15, -0.1) is 11.3 Å². The molecular weight excluding hydrogens is 290 g/mol. The summed E-state index contributed by atoms with van der Waals surface area (Å²) in [7, 11) is 0. The van der Waals surface area contributed by atoms with Gasteiger partial charge in [-0.25, -0.2) is 0 Å². The molecule has 0 saturated carbocycles. The van der Waals surface area contributed by atoms with E-state index in [9.17, 15) is 0 Å². The molecule has 0 unspecified atom stereocenters. The molecule has 0 aliphatic rings. The van der Waals surface area contributed by atoms with Gasteiger partial charge in [0.05, 0.1) is 0 Å². The third-order valence-corrected chi connectivity index (χ3v) is 4.24. The van der Waals surface area contributed by atoms with Gasteiger partial charge >= 0.3 is 0 Å². The van der Waals surface area contributed by atoms with Crippen LogP contribution in [-0.2, 0) is 13.2 Å². The zero-order chi connectivity index (χ0) is 14.4. The molecule has 0 atom stereocenters. The average molecular weight is 310 g/mol. The Labute approximate surface area is 129 Å². The third kappa shape index (κ3) is 4.51. The first-order valence-corrected chi connectivity index (χ1v) is 8.05. The van der Waals surface area contributed by atoms with Crippen LogP contribution in [0.25, 0.3) is 0 Å². The molecular formula is C16H20ClNOS. The normalized spacial score (nSPS) is 10.8. The predicted molar refractivity (Wildman–Crippen MR) is 86.8 cm³/mol. The minimum atomic E-state index is 0.612. The second-order valence-electron chi connectivity index (χ2n) is 4.74. The van der Waals surface area contributed by atoms with Crippen LogP contribution in [0.3, 0.4) is 0 Å². The van der Waals surface area contributed by atoms with E-state index < -0.39 is 0 Å². The van der Waals surface area contributed by atoms with E-state index in [0.29, 0.717) is 6.61 Å². The van der Waals surface area contributed by atoms with Crippen molar-refractivity contribution in [3.63, 3.8) is 0 Å². The Morgan fingerprint density at radius 2 is 2.00 bits per heavy atom. The molecule has 0 saturated heterocycles. The number of thiophene rings is 1. The van der Waals surface area contributed by atoms with Gasteiger partial charge in [0.2, 0.25) is 0 Å². The molecule has 1 heterocycles. The summed E-state index contributed by atoms with van der Waals surface area (Å²) in [5.41, 5.74) is 1.07. The predicted octanol–water partition coefficient (Wildman–Crippen LogP) is 4.79. The second-order valence-corrected chi connectivity index (χ2v) is 6.43. The van der Waals surface area contributed by atoms with Crippen LogP contribution in [0.1, 0.15) is 28.7 Å². The molecule has 108 valence electrons. The van der Waals surface area contributed by atoms with E-state index in [-0.39, 0.29) is 0 Å². The quantitative estimate of drug-likeness (QED) is 0.743. The van der Waals surface area contributed by atoms with Gasteiger partial charge in [0.15, 0.2) is 0 Å². The van der Waals surface area contributed by atoms with Crippen LogP contribution in [0.2, 0.25) is 5.02 Å². The number of hydrogen-bond donors (Lipinski definition) is 1. The number of ether oxygens (including phenoxy) is 1. The highest BCUT2D eigenvalue weighted by Gasteiger charge is 2.04. The smallest absolute Gasteiger partial charge is 0.122 e. The number of halogens is 1. The molecule has 0 bridgehead atoms. The molecule has 2 nitrogen and oxygen atoms in total. The molecule has 0 fully saturated rings. The van der Waals surface area contributed by atoms with Crippen molar-refractivity contribution in [2.45, 2.75) is 33.4 Å². The van der Waals surface area contributed by atoms with Crippen LogP contribution in [-0.4, -0.2) is 6.54 Å². The maximum absolute atomic E-state index is 5.94. The fourth-order valence-corrected chi connectivity index (χ4v) is 3.03. The number of nitrogens with one attached hydrogen (secondary N) is 1. The molecule has 0 radical (unpaired) electrons. The van der Waals surface area contributed by atoms with Crippen molar-refractivity contribution in [2.24, 2.45) is 0 Å². The summed E-state index contributed by atoms with van der Waals surface area (Å²) in [6, 6.07) is 10.0. The first kappa shape index (κ1) is 15.4. The van der Waals surface area contributed by atoms with Gasteiger partial charge in [0.1, 0.15) is 12.4 Å². The number of benzene rings is 1. The first-order valence-electron chi connectivity index (χ1n) is 6.86. The summed E-state index contributed by atoms with van der Waals surface area (Å²) in [5, 5.41) is 4.15. The lowest BCUT2D eigenvalue weighted by Gasteiger charge is -2.08. The highest BCUT2D eigenvalue weighted by atomic mass is 35.5. The highest BCUT2D eigenvalue weighted by Crippen LogP contribution is 2.24. The number of aryl methyl sites for hydroxylation is 1. The van der Waals surface area contributed by atoms with Gasteiger partial charge in [-0.2, -0.15) is 0 Å². The largest absolute Gasteiger partial charge is 0.488 e. The van der Waals surface area contributed by atoms with E-state index in [1.807, 2.05) is 25.1 Å². The van der Waals surface area contributed by atoms with Crippen LogP contribution >= 0.6 is 22.9 Å². The van der Waals surface area contributed by atoms with Gasteiger partial charge in [-0.1, -0.05) is 18.5 Å². The van der Waals surface area contributed by atoms with E-state index in [1.165, 1.54) is 9.75 Å². The Morgan fingerprint density at radius 1 is 1.20 bits per heavy atom. The molecule has 0 aliphatic heterocycles. The Morgan fingerprint density at radius 3 is 2.75 bits per heavy atom. The molecule has 0 amide bonds. The van der Waals surface area contributed by atoms with Crippen molar-refractivity contribution < 1.29 is 4.74 Å². The lowest BCUT2D eigenvalue weighted by molar-refractivity contribution is 0.307. The fraction of sp³-hybridized carbons (Fsp3) is 0.375. The molecule has 0 aliphatic carbocycles. The number of hydrogen-bond acceptors (Lipinski definition) is 3. The maximum atomic E-state index is 5.94. The summed E-state index contributed by atoms with van der Waals surface area (Å²) in [6.07, 6.45) is 1.16. The molecule has 0 spiro atoms. The van der Waals surface area contributed by atoms with Crippen molar-refractivity contribution in [2.75, 3.05) is 6.54 Å². The monoisotopic (exact) mass is 309 g/mol. The highest BCUT2D eigenvalue weighted by molar-refractivity contribution is 7.11. The average Bonchev–Trinajstić information content (AvgIpc) is 2.86. The van der Waals surface area contributed by atoms with Crippen LogP contribution < -0.4 is 10.1 Å². The van der Waals surface area contributed by atoms with Gasteiger partial charge in [-0.3, -0.25) is 0 Å². The van der Waals surface area contributed by atoms with Crippen LogP contribution in [0.5, 0.6) is 5.75 Å². The Balaban J connectivity index is 1.87. The van der Waals surface area contributed by atoms with Crippen LogP contribution in [0.4, 0.5) is 0 Å². The Kier molecular flexibility index (Phi) is 5.89. The van der Waals surface area contributed by atoms with Gasteiger partial charge in [0.25, 0.3) is 0 Å². The Bertz CT molecular complexity index is 553. The van der Waals surface area contributed by atoms with E-state index in [4.69, 9.17) is 16.3 Å². The van der Waals surface area contributed by atoms with Crippen LogP contribution in [0, 0.1) is 6.92 Å². The molecule has 1 N–H and O–H groups in total. The zero-order valence-electron chi connectivity index (χ0n) is 11.9. The molecule has 1 aromatic carbocycles. The molecule has 2 rings (SSSR count). The van der Waals surface area contributed by atoms with Crippen molar-refractivity contribution in [3.8, 4) is 5.75 Å². The first-order chi connectivity index (χ1) is 9.69. The lowest BCUT2D eigenvalue weighted by atomic mass is 10.2. The minimum Gasteiger partial charge on any atom is -0.488 e. The second kappa shape index (κ2) is 7.67. The molecule has 20 heavy (non-hydrogen) atoms. The summed E-state index contributed by atoms with van der Waals surface area (Å²) >= 11 is 7.74. The molecule has 2 aromatic rings. The van der Waals surface area contributed by atoms with Crippen LogP contribution in [0.15, 0.2) is 30.3 Å². The van der Waals surface area contributed by atoms with Gasteiger partial charge in [0, 0.05) is 21.3 Å². The van der Waals surface area contributed by atoms with Crippen molar-refractivity contribution in [3.05, 3.63) is 50.7 Å². The molecule has 4 heteroatoms.